The molecule has 2 atom stereocenters. The van der Waals surface area contributed by atoms with Crippen LogP contribution < -0.4 is 11.1 Å². The molecule has 0 saturated heterocycles. The lowest BCUT2D eigenvalue weighted by Crippen LogP contribution is -2.22. The summed E-state index contributed by atoms with van der Waals surface area (Å²) in [6, 6.07) is 5.55. The number of nitro groups is 2. The van der Waals surface area contributed by atoms with Gasteiger partial charge in [0.05, 0.1) is 35.5 Å². The van der Waals surface area contributed by atoms with E-state index in [2.05, 4.69) is 40.0 Å². The van der Waals surface area contributed by atoms with Crippen LogP contribution in [0, 0.1) is 31.9 Å². The first-order valence-electron chi connectivity index (χ1n) is 14.8. The van der Waals surface area contributed by atoms with Crippen molar-refractivity contribution in [1.82, 2.24) is 38.7 Å². The smallest absolute Gasteiger partial charge is 0.329 e. The zero-order chi connectivity index (χ0) is 37.2. The number of methoxy groups -OCH3 is 2. The number of ether oxygens (including phenoxy) is 2. The molecule has 0 aliphatic heterocycles. The van der Waals surface area contributed by atoms with Crippen LogP contribution in [0.3, 0.4) is 0 Å². The molecule has 6 rings (SSSR count). The van der Waals surface area contributed by atoms with Crippen LogP contribution in [0.5, 0.6) is 0 Å². The van der Waals surface area contributed by atoms with E-state index in [1.807, 2.05) is 6.92 Å². The van der Waals surface area contributed by atoms with Gasteiger partial charge in [0.1, 0.15) is 46.7 Å². The first-order valence-corrected chi connectivity index (χ1v) is 15.1. The van der Waals surface area contributed by atoms with Crippen molar-refractivity contribution >= 4 is 40.1 Å². The first-order chi connectivity index (χ1) is 24.3. The molecule has 0 radical (unpaired) electrons. The quantitative estimate of drug-likeness (QED) is 0.110. The van der Waals surface area contributed by atoms with Gasteiger partial charge in [-0.15, -0.1) is 0 Å². The Morgan fingerprint density at radius 2 is 1.29 bits per heavy atom. The highest BCUT2D eigenvalue weighted by Crippen LogP contribution is 2.27. The predicted molar refractivity (Wildman–Crippen MR) is 181 cm³/mol. The van der Waals surface area contributed by atoms with Gasteiger partial charge >= 0.3 is 11.4 Å². The van der Waals surface area contributed by atoms with Crippen molar-refractivity contribution in [2.45, 2.75) is 25.9 Å². The maximum Gasteiger partial charge on any atom is 0.329 e. The van der Waals surface area contributed by atoms with Crippen LogP contribution in [0.2, 0.25) is 5.15 Å². The Morgan fingerprint density at radius 3 is 1.73 bits per heavy atom. The van der Waals surface area contributed by atoms with E-state index in [0.717, 1.165) is 12.4 Å². The maximum absolute atomic E-state index is 13.5. The number of anilines is 1. The van der Waals surface area contributed by atoms with Gasteiger partial charge in [-0.1, -0.05) is 11.6 Å². The molecule has 0 amide bonds. The Morgan fingerprint density at radius 1 is 0.804 bits per heavy atom. The number of nitrogens with zero attached hydrogens (tertiary/aromatic N) is 10. The Balaban J connectivity index is 0.000000201. The monoisotopic (exact) mass is 728 g/mol. The molecular weight excluding hydrogens is 698 g/mol. The average molecular weight is 729 g/mol. The highest BCUT2D eigenvalue weighted by molar-refractivity contribution is 6.31. The molecule has 6 aromatic rings. The summed E-state index contributed by atoms with van der Waals surface area (Å²) < 4.78 is 39.4. The van der Waals surface area contributed by atoms with Crippen molar-refractivity contribution in [2.75, 3.05) is 32.8 Å². The summed E-state index contributed by atoms with van der Waals surface area (Å²) in [5.41, 5.74) is 6.45. The van der Waals surface area contributed by atoms with E-state index < -0.39 is 27.2 Å². The first kappa shape index (κ1) is 38.0. The molecule has 6 heterocycles. The molecule has 0 aliphatic carbocycles. The molecule has 268 valence electrons. The molecule has 0 aliphatic rings. The van der Waals surface area contributed by atoms with Crippen molar-refractivity contribution < 1.29 is 28.1 Å². The number of fused-ring (bicyclic) bond motifs is 2. The number of hydrogen-bond acceptors (Lipinski definition) is 14. The normalized spacial score (nSPS) is 12.0. The van der Waals surface area contributed by atoms with Crippen molar-refractivity contribution in [3.63, 3.8) is 0 Å². The van der Waals surface area contributed by atoms with Gasteiger partial charge in [0, 0.05) is 38.7 Å². The standard InChI is InChI=1S/C15H15FN6O3.C11H5ClFN5O2.C4H11NO/c1-9(8-25-2)19-15-12(22(23)24)6-18-14(20-15)11-5-17-13-4-3-10(16)7-21(11)13;12-10-7(18(19)20)3-15-11(16-10)8-4-14-9-2-1-6(13)5-17(8)9;1-4(5)3-6-2/h3-7,9H,8H2,1-2H3,(H,18,19,20);1-5H;4H,3,5H2,1-2H3. The van der Waals surface area contributed by atoms with E-state index in [-0.39, 0.29) is 40.4 Å². The van der Waals surface area contributed by atoms with Crippen molar-refractivity contribution in [3.8, 4) is 23.0 Å². The predicted octanol–water partition coefficient (Wildman–Crippen LogP) is 4.76. The van der Waals surface area contributed by atoms with Crippen LogP contribution in [0.15, 0.2) is 61.4 Å². The largest absolute Gasteiger partial charge is 0.383 e. The van der Waals surface area contributed by atoms with Crippen LogP contribution in [0.1, 0.15) is 13.8 Å². The molecule has 0 spiro atoms. The highest BCUT2D eigenvalue weighted by atomic mass is 35.5. The fourth-order valence-electron chi connectivity index (χ4n) is 4.37. The number of imidazole rings is 2. The zero-order valence-corrected chi connectivity index (χ0v) is 28.2. The number of rotatable bonds is 10. The van der Waals surface area contributed by atoms with E-state index in [1.54, 1.807) is 14.0 Å². The van der Waals surface area contributed by atoms with Gasteiger partial charge in [-0.25, -0.2) is 38.7 Å². The highest BCUT2D eigenvalue weighted by Gasteiger charge is 2.21. The molecule has 21 heteroatoms. The second kappa shape index (κ2) is 17.2. The lowest BCUT2D eigenvalue weighted by molar-refractivity contribution is -0.385. The van der Waals surface area contributed by atoms with Crippen LogP contribution >= 0.6 is 11.6 Å². The third kappa shape index (κ3) is 9.66. The molecule has 0 fully saturated rings. The van der Waals surface area contributed by atoms with Crippen LogP contribution in [0.4, 0.5) is 26.0 Å². The maximum atomic E-state index is 13.5. The van der Waals surface area contributed by atoms with Gasteiger partial charge in [0.15, 0.2) is 11.6 Å². The Hall–Kier alpha value is -5.83. The van der Waals surface area contributed by atoms with Gasteiger partial charge in [-0.2, -0.15) is 0 Å². The van der Waals surface area contributed by atoms with Crippen molar-refractivity contribution in [2.24, 2.45) is 5.73 Å². The van der Waals surface area contributed by atoms with Crippen molar-refractivity contribution in [1.29, 1.82) is 0 Å². The zero-order valence-electron chi connectivity index (χ0n) is 27.5. The molecule has 0 saturated carbocycles. The lowest BCUT2D eigenvalue weighted by Gasteiger charge is -2.13. The summed E-state index contributed by atoms with van der Waals surface area (Å²) in [6.45, 7) is 4.71. The number of halogens is 3. The molecule has 51 heavy (non-hydrogen) atoms. The van der Waals surface area contributed by atoms with E-state index in [9.17, 15) is 29.0 Å². The molecule has 18 nitrogen and oxygen atoms in total. The van der Waals surface area contributed by atoms with Gasteiger partial charge < -0.3 is 20.5 Å². The fraction of sp³-hybridized carbons (Fsp3) is 0.267. The number of nitrogens with two attached hydrogens (primary N) is 1. The molecule has 0 bridgehead atoms. The molecular formula is C30H31ClF2N12O6. The topological polar surface area (TPSA) is 229 Å². The van der Waals surface area contributed by atoms with Crippen molar-refractivity contribution in [3.05, 3.63) is 98.5 Å². The number of nitrogens with one attached hydrogen (secondary N) is 1. The minimum Gasteiger partial charge on any atom is -0.383 e. The third-order valence-corrected chi connectivity index (χ3v) is 6.79. The Bertz CT molecular complexity index is 2150. The number of aromatic nitrogens is 8. The SMILES string of the molecule is COCC(C)N.COCC(C)Nc1nc(-c2cnc3ccc(F)cn23)ncc1[N+](=O)[O-].O=[N+]([O-])c1cnc(-c2cnc3ccc(F)cn23)nc1Cl. The van der Waals surface area contributed by atoms with Gasteiger partial charge in [-0.05, 0) is 38.1 Å². The summed E-state index contributed by atoms with van der Waals surface area (Å²) in [7, 11) is 3.17. The van der Waals surface area contributed by atoms with Gasteiger partial charge in [0.25, 0.3) is 0 Å². The number of hydrogen-bond donors (Lipinski definition) is 2. The Kier molecular flexibility index (Phi) is 12.8. The lowest BCUT2D eigenvalue weighted by atomic mass is 10.3. The van der Waals surface area contributed by atoms with Gasteiger partial charge in [0.2, 0.25) is 11.0 Å². The average Bonchev–Trinajstić information content (AvgIpc) is 3.69. The minimum absolute atomic E-state index is 0.0610. The number of pyridine rings is 2. The van der Waals surface area contributed by atoms with Crippen LogP contribution in [-0.2, 0) is 9.47 Å². The van der Waals surface area contributed by atoms with Gasteiger partial charge in [-0.3, -0.25) is 29.0 Å². The summed E-state index contributed by atoms with van der Waals surface area (Å²) in [5.74, 6) is -0.522. The molecule has 6 aromatic heterocycles. The molecule has 0 aromatic carbocycles. The molecule has 2 unspecified atom stereocenters. The van der Waals surface area contributed by atoms with E-state index in [1.165, 1.54) is 65.0 Å². The summed E-state index contributed by atoms with van der Waals surface area (Å²) >= 11 is 5.73. The fourth-order valence-corrected chi connectivity index (χ4v) is 4.57. The summed E-state index contributed by atoms with van der Waals surface area (Å²) in [6.07, 6.45) is 7.51. The minimum atomic E-state index is -0.680. The second-order valence-electron chi connectivity index (χ2n) is 10.7. The van der Waals surface area contributed by atoms with E-state index in [4.69, 9.17) is 22.1 Å². The Labute approximate surface area is 292 Å². The van der Waals surface area contributed by atoms with E-state index >= 15 is 0 Å². The third-order valence-electron chi connectivity index (χ3n) is 6.51. The van der Waals surface area contributed by atoms with Crippen LogP contribution in [-0.4, -0.2) is 88.1 Å². The second-order valence-corrected chi connectivity index (χ2v) is 11.0. The summed E-state index contributed by atoms with van der Waals surface area (Å²) in [4.78, 5) is 44.8. The molecule has 3 N–H and O–H groups in total. The van der Waals surface area contributed by atoms with Crippen LogP contribution in [0.25, 0.3) is 34.3 Å². The van der Waals surface area contributed by atoms with E-state index in [0.29, 0.717) is 35.9 Å². The summed E-state index contributed by atoms with van der Waals surface area (Å²) in [5, 5.41) is 24.5.